The van der Waals surface area contributed by atoms with Gasteiger partial charge in [0.15, 0.2) is 0 Å². The second-order valence-electron chi connectivity index (χ2n) is 4.40. The minimum absolute atomic E-state index is 0.410. The molecule has 1 aromatic heterocycles. The van der Waals surface area contributed by atoms with Crippen LogP contribution in [0.3, 0.4) is 0 Å². The fourth-order valence-electron chi connectivity index (χ4n) is 2.04. The van der Waals surface area contributed by atoms with Crippen molar-refractivity contribution in [2.45, 2.75) is 12.5 Å². The van der Waals surface area contributed by atoms with Crippen LogP contribution in [0.4, 0.5) is 0 Å². The van der Waals surface area contributed by atoms with Crippen LogP contribution < -0.4 is 10.5 Å². The molecule has 5 heteroatoms. The quantitative estimate of drug-likeness (QED) is 0.840. The third kappa shape index (κ3) is 3.00. The Balaban J connectivity index is 2.21. The number of methoxy groups -OCH3 is 2. The van der Waals surface area contributed by atoms with Gasteiger partial charge in [-0.1, -0.05) is 0 Å². The number of benzene rings is 1. The van der Waals surface area contributed by atoms with Gasteiger partial charge in [-0.25, -0.2) is 0 Å². The van der Waals surface area contributed by atoms with Crippen LogP contribution in [0.15, 0.2) is 42.6 Å². The van der Waals surface area contributed by atoms with Crippen LogP contribution in [0.2, 0.25) is 0 Å². The van der Waals surface area contributed by atoms with Gasteiger partial charge in [0, 0.05) is 24.0 Å². The number of carbonyl (C=O) groups excluding carboxylic acids is 1. The van der Waals surface area contributed by atoms with Crippen molar-refractivity contribution in [2.24, 2.45) is 5.73 Å². The van der Waals surface area contributed by atoms with Crippen LogP contribution >= 0.6 is 0 Å². The van der Waals surface area contributed by atoms with Crippen LogP contribution in [0.5, 0.6) is 5.75 Å². The predicted molar refractivity (Wildman–Crippen MR) is 76.0 cm³/mol. The molecular weight excluding hydrogens is 256 g/mol. The molecule has 0 spiro atoms. The monoisotopic (exact) mass is 274 g/mol. The van der Waals surface area contributed by atoms with E-state index in [9.17, 15) is 4.79 Å². The van der Waals surface area contributed by atoms with Crippen LogP contribution in [0.25, 0.3) is 5.69 Å². The van der Waals surface area contributed by atoms with Gasteiger partial charge in [-0.05, 0) is 36.4 Å². The van der Waals surface area contributed by atoms with Gasteiger partial charge in [0.25, 0.3) is 0 Å². The molecule has 0 saturated carbocycles. The molecule has 0 bridgehead atoms. The van der Waals surface area contributed by atoms with E-state index in [4.69, 9.17) is 10.5 Å². The van der Waals surface area contributed by atoms with E-state index < -0.39 is 12.0 Å². The Morgan fingerprint density at radius 3 is 2.55 bits per heavy atom. The summed E-state index contributed by atoms with van der Waals surface area (Å²) < 4.78 is 11.8. The SMILES string of the molecule is COC(=O)C(N)Cc1cccn1-c1ccc(OC)cc1. The summed E-state index contributed by atoms with van der Waals surface area (Å²) in [5.74, 6) is 0.390. The Hall–Kier alpha value is -2.27. The Morgan fingerprint density at radius 1 is 1.25 bits per heavy atom. The fourth-order valence-corrected chi connectivity index (χ4v) is 2.04. The van der Waals surface area contributed by atoms with E-state index in [0.29, 0.717) is 6.42 Å². The molecule has 0 saturated heterocycles. The molecule has 0 radical (unpaired) electrons. The summed E-state index contributed by atoms with van der Waals surface area (Å²) in [7, 11) is 2.97. The van der Waals surface area contributed by atoms with E-state index in [1.54, 1.807) is 7.11 Å². The Morgan fingerprint density at radius 2 is 1.95 bits per heavy atom. The maximum Gasteiger partial charge on any atom is 0.323 e. The minimum atomic E-state index is -0.660. The zero-order chi connectivity index (χ0) is 14.5. The lowest BCUT2D eigenvalue weighted by atomic mass is 10.1. The second kappa shape index (κ2) is 6.25. The first-order valence-corrected chi connectivity index (χ1v) is 6.29. The standard InChI is InChI=1S/C15H18N2O3/c1-19-13-7-5-11(6-8-13)17-9-3-4-12(17)10-14(16)15(18)20-2/h3-9,14H,10,16H2,1-2H3. The molecule has 0 aliphatic heterocycles. The zero-order valence-electron chi connectivity index (χ0n) is 11.6. The molecule has 0 amide bonds. The van der Waals surface area contributed by atoms with Crippen molar-refractivity contribution in [3.63, 3.8) is 0 Å². The smallest absolute Gasteiger partial charge is 0.323 e. The first kappa shape index (κ1) is 14.1. The number of nitrogens with two attached hydrogens (primary N) is 1. The molecule has 1 aromatic carbocycles. The van der Waals surface area contributed by atoms with E-state index in [2.05, 4.69) is 4.74 Å². The highest BCUT2D eigenvalue weighted by Gasteiger charge is 2.16. The number of hydrogen-bond donors (Lipinski definition) is 1. The molecule has 2 aromatic rings. The fraction of sp³-hybridized carbons (Fsp3) is 0.267. The van der Waals surface area contributed by atoms with Crippen molar-refractivity contribution in [1.29, 1.82) is 0 Å². The van der Waals surface area contributed by atoms with Crippen LogP contribution in [-0.2, 0) is 16.0 Å². The third-order valence-corrected chi connectivity index (χ3v) is 3.12. The Bertz CT molecular complexity index is 575. The Kier molecular flexibility index (Phi) is 4.42. The number of nitrogens with zero attached hydrogens (tertiary/aromatic N) is 1. The molecule has 106 valence electrons. The van der Waals surface area contributed by atoms with Gasteiger partial charge in [-0.3, -0.25) is 4.79 Å². The highest BCUT2D eigenvalue weighted by Crippen LogP contribution is 2.18. The molecule has 1 atom stereocenters. The molecule has 5 nitrogen and oxygen atoms in total. The second-order valence-corrected chi connectivity index (χ2v) is 4.40. The molecule has 2 N–H and O–H groups in total. The number of aromatic nitrogens is 1. The molecule has 1 heterocycles. The largest absolute Gasteiger partial charge is 0.497 e. The van der Waals surface area contributed by atoms with Gasteiger partial charge in [0.1, 0.15) is 11.8 Å². The zero-order valence-corrected chi connectivity index (χ0v) is 11.6. The molecule has 0 fully saturated rings. The third-order valence-electron chi connectivity index (χ3n) is 3.12. The lowest BCUT2D eigenvalue weighted by Crippen LogP contribution is -2.34. The molecular formula is C15H18N2O3. The van der Waals surface area contributed by atoms with Gasteiger partial charge in [0.05, 0.1) is 14.2 Å². The first-order chi connectivity index (χ1) is 9.65. The van der Waals surface area contributed by atoms with Crippen LogP contribution in [0.1, 0.15) is 5.69 Å². The molecule has 1 unspecified atom stereocenters. The minimum Gasteiger partial charge on any atom is -0.497 e. The van der Waals surface area contributed by atoms with Crippen LogP contribution in [-0.4, -0.2) is 30.8 Å². The predicted octanol–water partition coefficient (Wildman–Crippen LogP) is 1.53. The lowest BCUT2D eigenvalue weighted by Gasteiger charge is -2.13. The molecule has 20 heavy (non-hydrogen) atoms. The average Bonchev–Trinajstić information content (AvgIpc) is 2.94. The topological polar surface area (TPSA) is 66.5 Å². The van der Waals surface area contributed by atoms with Crippen molar-refractivity contribution < 1.29 is 14.3 Å². The van der Waals surface area contributed by atoms with Gasteiger partial charge >= 0.3 is 5.97 Å². The van der Waals surface area contributed by atoms with Crippen molar-refractivity contribution in [3.8, 4) is 11.4 Å². The molecule has 0 aliphatic rings. The first-order valence-electron chi connectivity index (χ1n) is 6.29. The summed E-state index contributed by atoms with van der Waals surface area (Å²) in [5.41, 5.74) is 7.74. The van der Waals surface area contributed by atoms with E-state index in [0.717, 1.165) is 17.1 Å². The summed E-state index contributed by atoms with van der Waals surface area (Å²) in [4.78, 5) is 11.4. The van der Waals surface area contributed by atoms with Crippen molar-refractivity contribution in [3.05, 3.63) is 48.3 Å². The molecule has 2 rings (SSSR count). The summed E-state index contributed by atoms with van der Waals surface area (Å²) in [6.07, 6.45) is 2.35. The van der Waals surface area contributed by atoms with Gasteiger partial charge < -0.3 is 19.8 Å². The van der Waals surface area contributed by atoms with Crippen LogP contribution in [0, 0.1) is 0 Å². The van der Waals surface area contributed by atoms with E-state index >= 15 is 0 Å². The summed E-state index contributed by atoms with van der Waals surface area (Å²) in [6, 6.07) is 10.9. The van der Waals surface area contributed by atoms with E-state index in [1.807, 2.05) is 47.2 Å². The van der Waals surface area contributed by atoms with Crippen molar-refractivity contribution in [2.75, 3.05) is 14.2 Å². The van der Waals surface area contributed by atoms with E-state index in [1.165, 1.54) is 7.11 Å². The highest BCUT2D eigenvalue weighted by molar-refractivity contribution is 5.75. The number of esters is 1. The number of rotatable bonds is 5. The lowest BCUT2D eigenvalue weighted by molar-refractivity contribution is -0.142. The Labute approximate surface area is 117 Å². The summed E-state index contributed by atoms with van der Waals surface area (Å²) in [5, 5.41) is 0. The highest BCUT2D eigenvalue weighted by atomic mass is 16.5. The van der Waals surface area contributed by atoms with Crippen molar-refractivity contribution >= 4 is 5.97 Å². The number of ether oxygens (including phenoxy) is 2. The van der Waals surface area contributed by atoms with E-state index in [-0.39, 0.29) is 0 Å². The van der Waals surface area contributed by atoms with Gasteiger partial charge in [-0.2, -0.15) is 0 Å². The number of carbonyl (C=O) groups is 1. The van der Waals surface area contributed by atoms with Crippen molar-refractivity contribution in [1.82, 2.24) is 4.57 Å². The summed E-state index contributed by atoms with van der Waals surface area (Å²) in [6.45, 7) is 0. The molecule has 0 aliphatic carbocycles. The average molecular weight is 274 g/mol. The number of hydrogen-bond acceptors (Lipinski definition) is 4. The maximum atomic E-state index is 11.4. The normalized spacial score (nSPS) is 11.9. The van der Waals surface area contributed by atoms with Gasteiger partial charge in [0.2, 0.25) is 0 Å². The van der Waals surface area contributed by atoms with Gasteiger partial charge in [-0.15, -0.1) is 0 Å². The maximum absolute atomic E-state index is 11.4. The summed E-state index contributed by atoms with van der Waals surface area (Å²) >= 11 is 0.